The predicted molar refractivity (Wildman–Crippen MR) is 98.4 cm³/mol. The molecule has 8 heteroatoms. The van der Waals surface area contributed by atoms with Crippen LogP contribution < -0.4 is 5.32 Å². The van der Waals surface area contributed by atoms with Gasteiger partial charge in [0.2, 0.25) is 5.91 Å². The van der Waals surface area contributed by atoms with Crippen LogP contribution >= 0.6 is 0 Å². The Bertz CT molecular complexity index is 799. The first-order valence-electron chi connectivity index (χ1n) is 9.03. The number of benzene rings is 1. The zero-order valence-corrected chi connectivity index (χ0v) is 15.4. The van der Waals surface area contributed by atoms with Crippen molar-refractivity contribution >= 4 is 11.8 Å². The summed E-state index contributed by atoms with van der Waals surface area (Å²) in [6.45, 7) is 3.86. The second-order valence-corrected chi connectivity index (χ2v) is 6.60. The molecule has 1 fully saturated rings. The summed E-state index contributed by atoms with van der Waals surface area (Å²) in [5.41, 5.74) is -0.00662. The van der Waals surface area contributed by atoms with E-state index in [1.807, 2.05) is 22.7 Å². The van der Waals surface area contributed by atoms with Crippen LogP contribution in [0.4, 0.5) is 4.39 Å². The van der Waals surface area contributed by atoms with E-state index < -0.39 is 11.7 Å². The maximum atomic E-state index is 13.6. The minimum absolute atomic E-state index is 0.000440. The number of aryl methyl sites for hydroxylation is 1. The van der Waals surface area contributed by atoms with E-state index in [9.17, 15) is 14.0 Å². The van der Waals surface area contributed by atoms with Gasteiger partial charge in [-0.2, -0.15) is 0 Å². The smallest absolute Gasteiger partial charge is 0.254 e. The van der Waals surface area contributed by atoms with E-state index >= 15 is 0 Å². The number of carbonyl (C=O) groups is 2. The predicted octanol–water partition coefficient (Wildman–Crippen LogP) is 1.02. The van der Waals surface area contributed by atoms with Gasteiger partial charge >= 0.3 is 0 Å². The fourth-order valence-electron chi connectivity index (χ4n) is 3.09. The summed E-state index contributed by atoms with van der Waals surface area (Å²) < 4.78 is 15.6. The summed E-state index contributed by atoms with van der Waals surface area (Å²) in [6, 6.07) is 5.80. The summed E-state index contributed by atoms with van der Waals surface area (Å²) >= 11 is 0. The molecule has 1 aliphatic heterocycles. The lowest BCUT2D eigenvalue weighted by Gasteiger charge is -2.34. The Morgan fingerprint density at radius 1 is 1.19 bits per heavy atom. The third-order valence-electron chi connectivity index (χ3n) is 4.75. The normalized spacial score (nSPS) is 15.0. The number of amides is 2. The van der Waals surface area contributed by atoms with E-state index in [4.69, 9.17) is 0 Å². The van der Waals surface area contributed by atoms with Gasteiger partial charge in [-0.15, -0.1) is 0 Å². The quantitative estimate of drug-likeness (QED) is 0.821. The summed E-state index contributed by atoms with van der Waals surface area (Å²) in [5.74, 6) is -0.0583. The van der Waals surface area contributed by atoms with Crippen LogP contribution in [0.3, 0.4) is 0 Å². The molecule has 0 bridgehead atoms. The summed E-state index contributed by atoms with van der Waals surface area (Å²) in [4.78, 5) is 32.7. The lowest BCUT2D eigenvalue weighted by Crippen LogP contribution is -2.49. The standard InChI is InChI=1S/C19H24FN5O2/c1-23-9-8-21-17(23)14-24-10-12-25(13-11-24)18(26)6-7-22-19(27)15-4-2-3-5-16(15)20/h2-5,8-9H,6-7,10-14H2,1H3,(H,22,27). The second kappa shape index (κ2) is 8.77. The van der Waals surface area contributed by atoms with E-state index in [0.717, 1.165) is 25.5 Å². The lowest BCUT2D eigenvalue weighted by atomic mass is 10.2. The highest BCUT2D eigenvalue weighted by Crippen LogP contribution is 2.08. The average Bonchev–Trinajstić information content (AvgIpc) is 3.07. The van der Waals surface area contributed by atoms with Gasteiger partial charge in [-0.1, -0.05) is 12.1 Å². The van der Waals surface area contributed by atoms with Crippen molar-refractivity contribution in [2.24, 2.45) is 7.05 Å². The Morgan fingerprint density at radius 2 is 1.93 bits per heavy atom. The van der Waals surface area contributed by atoms with Crippen molar-refractivity contribution in [2.75, 3.05) is 32.7 Å². The molecule has 27 heavy (non-hydrogen) atoms. The van der Waals surface area contributed by atoms with Gasteiger partial charge in [-0.25, -0.2) is 9.37 Å². The SMILES string of the molecule is Cn1ccnc1CN1CCN(C(=O)CCNC(=O)c2ccccc2F)CC1. The highest BCUT2D eigenvalue weighted by atomic mass is 19.1. The van der Waals surface area contributed by atoms with Crippen LogP contribution in [0.15, 0.2) is 36.7 Å². The molecule has 1 N–H and O–H groups in total. The molecular formula is C19H24FN5O2. The number of imidazole rings is 1. The van der Waals surface area contributed by atoms with Crippen molar-refractivity contribution in [3.63, 3.8) is 0 Å². The van der Waals surface area contributed by atoms with Crippen molar-refractivity contribution in [1.82, 2.24) is 24.7 Å². The lowest BCUT2D eigenvalue weighted by molar-refractivity contribution is -0.132. The van der Waals surface area contributed by atoms with Crippen molar-refractivity contribution in [2.45, 2.75) is 13.0 Å². The first kappa shape index (κ1) is 19.0. The number of nitrogens with zero attached hydrogens (tertiary/aromatic N) is 4. The molecule has 3 rings (SSSR count). The molecule has 0 spiro atoms. The monoisotopic (exact) mass is 373 g/mol. The van der Waals surface area contributed by atoms with Crippen molar-refractivity contribution in [1.29, 1.82) is 0 Å². The van der Waals surface area contributed by atoms with Crippen LogP contribution in [-0.4, -0.2) is 63.9 Å². The Kier molecular flexibility index (Phi) is 6.18. The fraction of sp³-hybridized carbons (Fsp3) is 0.421. The molecule has 0 unspecified atom stereocenters. The molecule has 0 saturated carbocycles. The van der Waals surface area contributed by atoms with Crippen LogP contribution in [0, 0.1) is 5.82 Å². The number of aromatic nitrogens is 2. The van der Waals surface area contributed by atoms with Gasteiger partial charge in [0.25, 0.3) is 5.91 Å². The number of carbonyl (C=O) groups excluding carboxylic acids is 2. The third-order valence-corrected chi connectivity index (χ3v) is 4.75. The van der Waals surface area contributed by atoms with Crippen LogP contribution in [0.1, 0.15) is 22.6 Å². The molecule has 1 saturated heterocycles. The van der Waals surface area contributed by atoms with E-state index in [0.29, 0.717) is 13.1 Å². The van der Waals surface area contributed by atoms with Gasteiger partial charge < -0.3 is 14.8 Å². The summed E-state index contributed by atoms with van der Waals surface area (Å²) in [6.07, 6.45) is 3.91. The molecule has 1 aromatic carbocycles. The molecule has 2 heterocycles. The Labute approximate surface area is 157 Å². The maximum absolute atomic E-state index is 13.6. The molecule has 1 aromatic heterocycles. The topological polar surface area (TPSA) is 70.5 Å². The Hall–Kier alpha value is -2.74. The molecule has 0 atom stereocenters. The minimum Gasteiger partial charge on any atom is -0.351 e. The molecule has 0 radical (unpaired) electrons. The van der Waals surface area contributed by atoms with Gasteiger partial charge in [0.1, 0.15) is 11.6 Å². The van der Waals surface area contributed by atoms with Gasteiger partial charge in [-0.3, -0.25) is 14.5 Å². The minimum atomic E-state index is -0.565. The first-order chi connectivity index (χ1) is 13.0. The highest BCUT2D eigenvalue weighted by Gasteiger charge is 2.22. The molecular weight excluding hydrogens is 349 g/mol. The van der Waals surface area contributed by atoms with E-state index in [1.54, 1.807) is 12.3 Å². The first-order valence-corrected chi connectivity index (χ1v) is 9.03. The Morgan fingerprint density at radius 3 is 2.59 bits per heavy atom. The second-order valence-electron chi connectivity index (χ2n) is 6.60. The fourth-order valence-corrected chi connectivity index (χ4v) is 3.09. The van der Waals surface area contributed by atoms with Gasteiger partial charge in [0, 0.05) is 58.6 Å². The van der Waals surface area contributed by atoms with Crippen LogP contribution in [0.5, 0.6) is 0 Å². The molecule has 144 valence electrons. The molecule has 2 amide bonds. The highest BCUT2D eigenvalue weighted by molar-refractivity contribution is 5.94. The summed E-state index contributed by atoms with van der Waals surface area (Å²) in [7, 11) is 1.97. The number of piperazine rings is 1. The molecule has 0 aliphatic carbocycles. The number of hydrogen-bond acceptors (Lipinski definition) is 4. The van der Waals surface area contributed by atoms with E-state index in [2.05, 4.69) is 15.2 Å². The van der Waals surface area contributed by atoms with Gasteiger partial charge in [-0.05, 0) is 12.1 Å². The van der Waals surface area contributed by atoms with Crippen molar-refractivity contribution < 1.29 is 14.0 Å². The van der Waals surface area contributed by atoms with Gasteiger partial charge in [0.15, 0.2) is 0 Å². The van der Waals surface area contributed by atoms with Crippen molar-refractivity contribution in [3.05, 3.63) is 53.9 Å². The Balaban J connectivity index is 1.39. The van der Waals surface area contributed by atoms with Crippen LogP contribution in [-0.2, 0) is 18.4 Å². The largest absolute Gasteiger partial charge is 0.351 e. The molecule has 7 nitrogen and oxygen atoms in total. The zero-order chi connectivity index (χ0) is 19.2. The number of halogens is 1. The molecule has 1 aliphatic rings. The van der Waals surface area contributed by atoms with Crippen LogP contribution in [0.2, 0.25) is 0 Å². The van der Waals surface area contributed by atoms with Crippen LogP contribution in [0.25, 0.3) is 0 Å². The van der Waals surface area contributed by atoms with E-state index in [-0.39, 0.29) is 24.4 Å². The molecule has 2 aromatic rings. The number of nitrogens with one attached hydrogen (secondary N) is 1. The summed E-state index contributed by atoms with van der Waals surface area (Å²) in [5, 5.41) is 2.61. The maximum Gasteiger partial charge on any atom is 0.254 e. The number of rotatable bonds is 6. The third kappa shape index (κ3) is 4.91. The van der Waals surface area contributed by atoms with Crippen molar-refractivity contribution in [3.8, 4) is 0 Å². The number of hydrogen-bond donors (Lipinski definition) is 1. The average molecular weight is 373 g/mol. The van der Waals surface area contributed by atoms with Gasteiger partial charge in [0.05, 0.1) is 12.1 Å². The zero-order valence-electron chi connectivity index (χ0n) is 15.4. The van der Waals surface area contributed by atoms with E-state index in [1.165, 1.54) is 18.2 Å².